The number of carbonyl (C=O) groups excluding carboxylic acids is 1. The number of nitrogens with one attached hydrogen (secondary N) is 2. The average Bonchev–Trinajstić information content (AvgIpc) is 3.16. The molecule has 0 saturated carbocycles. The Morgan fingerprint density at radius 1 is 0.935 bits per heavy atom. The van der Waals surface area contributed by atoms with Gasteiger partial charge < -0.3 is 10.6 Å². The van der Waals surface area contributed by atoms with Gasteiger partial charge in [0.1, 0.15) is 0 Å². The highest BCUT2D eigenvalue weighted by molar-refractivity contribution is 7.92. The van der Waals surface area contributed by atoms with E-state index in [0.29, 0.717) is 24.3 Å². The van der Waals surface area contributed by atoms with Crippen molar-refractivity contribution >= 4 is 33.1 Å². The molecule has 3 aromatic carbocycles. The highest BCUT2D eigenvalue weighted by Gasteiger charge is 2.31. The topological polar surface area (TPSA) is 78.5 Å². The van der Waals surface area contributed by atoms with E-state index in [4.69, 9.17) is 0 Å². The Morgan fingerprint density at radius 3 is 2.42 bits per heavy atom. The molecule has 160 valence electrons. The van der Waals surface area contributed by atoms with Crippen LogP contribution in [0.3, 0.4) is 0 Å². The maximum Gasteiger partial charge on any atom is 0.323 e. The number of anilines is 3. The molecule has 3 aromatic rings. The molecule has 0 unspecified atom stereocenters. The smallest absolute Gasteiger partial charge is 0.308 e. The predicted octanol–water partition coefficient (Wildman–Crippen LogP) is 5.01. The number of carbonyl (C=O) groups is 1. The first-order chi connectivity index (χ1) is 14.8. The summed E-state index contributed by atoms with van der Waals surface area (Å²) in [6.07, 6.45) is 0.634. The van der Waals surface area contributed by atoms with Crippen LogP contribution in [0.15, 0.2) is 65.6 Å². The SMILES string of the molecule is Cc1ccc(S(=O)(=O)N2CCc3ccc(NC(=O)Nc4cccc(C)c4C)cc32)cc1. The minimum atomic E-state index is -3.67. The zero-order valence-corrected chi connectivity index (χ0v) is 18.6. The summed E-state index contributed by atoms with van der Waals surface area (Å²) in [5, 5.41) is 5.67. The molecular weight excluding hydrogens is 410 g/mol. The lowest BCUT2D eigenvalue weighted by Crippen LogP contribution is -2.29. The molecule has 0 saturated heterocycles. The van der Waals surface area contributed by atoms with Crippen molar-refractivity contribution in [3.8, 4) is 0 Å². The van der Waals surface area contributed by atoms with Crippen molar-refractivity contribution in [3.05, 3.63) is 82.9 Å². The van der Waals surface area contributed by atoms with Crippen LogP contribution in [0.25, 0.3) is 0 Å². The van der Waals surface area contributed by atoms with E-state index in [1.807, 2.05) is 45.0 Å². The average molecular weight is 436 g/mol. The molecule has 0 spiro atoms. The van der Waals surface area contributed by atoms with Crippen LogP contribution in [0.4, 0.5) is 21.9 Å². The molecule has 0 fully saturated rings. The molecule has 4 rings (SSSR count). The van der Waals surface area contributed by atoms with E-state index in [1.54, 1.807) is 36.4 Å². The molecule has 2 N–H and O–H groups in total. The third kappa shape index (κ3) is 4.14. The molecule has 1 aliphatic rings. The van der Waals surface area contributed by atoms with Crippen molar-refractivity contribution in [1.29, 1.82) is 0 Å². The number of urea groups is 1. The minimum Gasteiger partial charge on any atom is -0.308 e. The van der Waals surface area contributed by atoms with E-state index >= 15 is 0 Å². The van der Waals surface area contributed by atoms with Crippen molar-refractivity contribution in [2.45, 2.75) is 32.1 Å². The number of sulfonamides is 1. The summed E-state index contributed by atoms with van der Waals surface area (Å²) in [6.45, 7) is 6.24. The van der Waals surface area contributed by atoms with Gasteiger partial charge in [-0.05, 0) is 74.2 Å². The molecule has 0 radical (unpaired) electrons. The lowest BCUT2D eigenvalue weighted by atomic mass is 10.1. The Bertz CT molecular complexity index is 1250. The van der Waals surface area contributed by atoms with Gasteiger partial charge in [0.15, 0.2) is 0 Å². The van der Waals surface area contributed by atoms with Gasteiger partial charge in [0.2, 0.25) is 0 Å². The van der Waals surface area contributed by atoms with Crippen molar-refractivity contribution in [2.75, 3.05) is 21.5 Å². The molecule has 2 amide bonds. The zero-order valence-electron chi connectivity index (χ0n) is 17.8. The van der Waals surface area contributed by atoms with Gasteiger partial charge in [0, 0.05) is 17.9 Å². The molecular formula is C24H25N3O3S. The van der Waals surface area contributed by atoms with E-state index in [9.17, 15) is 13.2 Å². The van der Waals surface area contributed by atoms with Crippen molar-refractivity contribution in [2.24, 2.45) is 0 Å². The molecule has 7 heteroatoms. The van der Waals surface area contributed by atoms with Crippen LogP contribution in [0.5, 0.6) is 0 Å². The Hall–Kier alpha value is -3.32. The molecule has 0 atom stereocenters. The Balaban J connectivity index is 1.56. The van der Waals surface area contributed by atoms with Crippen LogP contribution in [0, 0.1) is 20.8 Å². The number of hydrogen-bond donors (Lipinski definition) is 2. The van der Waals surface area contributed by atoms with E-state index in [0.717, 1.165) is 27.9 Å². The summed E-state index contributed by atoms with van der Waals surface area (Å²) in [4.78, 5) is 12.8. The van der Waals surface area contributed by atoms with E-state index in [1.165, 1.54) is 4.31 Å². The summed E-state index contributed by atoms with van der Waals surface area (Å²) in [7, 11) is -3.67. The van der Waals surface area contributed by atoms with Gasteiger partial charge in [-0.15, -0.1) is 0 Å². The number of rotatable bonds is 4. The second kappa shape index (κ2) is 8.07. The zero-order chi connectivity index (χ0) is 22.2. The third-order valence-corrected chi connectivity index (χ3v) is 7.49. The number of aryl methyl sites for hydroxylation is 2. The van der Waals surface area contributed by atoms with Crippen molar-refractivity contribution < 1.29 is 13.2 Å². The second-order valence-electron chi connectivity index (χ2n) is 7.81. The number of hydrogen-bond acceptors (Lipinski definition) is 3. The van der Waals surface area contributed by atoms with Crippen LogP contribution >= 0.6 is 0 Å². The fourth-order valence-electron chi connectivity index (χ4n) is 3.69. The highest BCUT2D eigenvalue weighted by Crippen LogP contribution is 2.35. The molecule has 0 bridgehead atoms. The summed E-state index contributed by atoms with van der Waals surface area (Å²) >= 11 is 0. The van der Waals surface area contributed by atoms with Crippen LogP contribution in [0.1, 0.15) is 22.3 Å². The lowest BCUT2D eigenvalue weighted by Gasteiger charge is -2.20. The summed E-state index contributed by atoms with van der Waals surface area (Å²) < 4.78 is 27.8. The van der Waals surface area contributed by atoms with E-state index in [2.05, 4.69) is 10.6 Å². The number of benzene rings is 3. The monoisotopic (exact) mass is 435 g/mol. The molecule has 31 heavy (non-hydrogen) atoms. The van der Waals surface area contributed by atoms with Gasteiger partial charge in [0.05, 0.1) is 10.6 Å². The van der Waals surface area contributed by atoms with Gasteiger partial charge in [-0.1, -0.05) is 35.9 Å². The van der Waals surface area contributed by atoms with Crippen LogP contribution in [-0.4, -0.2) is 21.0 Å². The first kappa shape index (κ1) is 20.9. The van der Waals surface area contributed by atoms with Gasteiger partial charge in [0.25, 0.3) is 10.0 Å². The van der Waals surface area contributed by atoms with Gasteiger partial charge >= 0.3 is 6.03 Å². The molecule has 0 aliphatic carbocycles. The van der Waals surface area contributed by atoms with Gasteiger partial charge in [-0.25, -0.2) is 13.2 Å². The highest BCUT2D eigenvalue weighted by atomic mass is 32.2. The van der Waals surface area contributed by atoms with Gasteiger partial charge in [-0.3, -0.25) is 4.31 Å². The number of fused-ring (bicyclic) bond motifs is 1. The molecule has 1 aliphatic heterocycles. The number of amides is 2. The first-order valence-corrected chi connectivity index (χ1v) is 11.6. The molecule has 6 nitrogen and oxygen atoms in total. The van der Waals surface area contributed by atoms with E-state index < -0.39 is 10.0 Å². The Kier molecular flexibility index (Phi) is 5.45. The maximum atomic E-state index is 13.2. The van der Waals surface area contributed by atoms with E-state index in [-0.39, 0.29) is 10.9 Å². The largest absolute Gasteiger partial charge is 0.323 e. The van der Waals surface area contributed by atoms with Crippen LogP contribution in [-0.2, 0) is 16.4 Å². The minimum absolute atomic E-state index is 0.261. The number of nitrogens with zero attached hydrogens (tertiary/aromatic N) is 1. The quantitative estimate of drug-likeness (QED) is 0.605. The normalized spacial score (nSPS) is 13.1. The molecule has 0 aromatic heterocycles. The summed E-state index contributed by atoms with van der Waals surface area (Å²) in [5.74, 6) is 0. The summed E-state index contributed by atoms with van der Waals surface area (Å²) in [6, 6.07) is 17.6. The molecule has 1 heterocycles. The summed E-state index contributed by atoms with van der Waals surface area (Å²) in [5.41, 5.74) is 5.91. The fourth-order valence-corrected chi connectivity index (χ4v) is 5.18. The van der Waals surface area contributed by atoms with Crippen LogP contribution < -0.4 is 14.9 Å². The Morgan fingerprint density at radius 2 is 1.68 bits per heavy atom. The predicted molar refractivity (Wildman–Crippen MR) is 124 cm³/mol. The third-order valence-electron chi connectivity index (χ3n) is 5.66. The first-order valence-electron chi connectivity index (χ1n) is 10.1. The van der Waals surface area contributed by atoms with Gasteiger partial charge in [-0.2, -0.15) is 0 Å². The fraction of sp³-hybridized carbons (Fsp3) is 0.208. The van der Waals surface area contributed by atoms with Crippen molar-refractivity contribution in [1.82, 2.24) is 0 Å². The second-order valence-corrected chi connectivity index (χ2v) is 9.67. The van der Waals surface area contributed by atoms with Crippen molar-refractivity contribution in [3.63, 3.8) is 0 Å². The lowest BCUT2D eigenvalue weighted by molar-refractivity contribution is 0.262. The maximum absolute atomic E-state index is 13.2. The van der Waals surface area contributed by atoms with Crippen LogP contribution in [0.2, 0.25) is 0 Å². The standard InChI is InChI=1S/C24H25N3O3S/c1-16-7-11-21(12-8-16)31(29,30)27-14-13-19-9-10-20(15-23(19)27)25-24(28)26-22-6-4-5-17(2)18(22)3/h4-12,15H,13-14H2,1-3H3,(H2,25,26,28). The Labute approximate surface area is 183 Å².